The molecule has 2 amide bonds. The quantitative estimate of drug-likeness (QED) is 0.690. The normalized spacial score (nSPS) is 21.6. The summed E-state index contributed by atoms with van der Waals surface area (Å²) in [5.41, 5.74) is 10.7. The zero-order valence-corrected chi connectivity index (χ0v) is 9.23. The number of hydrogen-bond donors (Lipinski definition) is 2. The molecule has 0 saturated heterocycles. The van der Waals surface area contributed by atoms with Crippen LogP contribution in [0.4, 0.5) is 4.79 Å². The van der Waals surface area contributed by atoms with E-state index in [1.807, 2.05) is 18.2 Å². The van der Waals surface area contributed by atoms with Crippen LogP contribution in [0, 0.1) is 5.92 Å². The third kappa shape index (κ3) is 2.05. The van der Waals surface area contributed by atoms with E-state index in [9.17, 15) is 4.79 Å². The van der Waals surface area contributed by atoms with Gasteiger partial charge >= 0.3 is 6.03 Å². The predicted octanol–water partition coefficient (Wildman–Crippen LogP) is 1.64. The summed E-state index contributed by atoms with van der Waals surface area (Å²) < 4.78 is 0. The van der Waals surface area contributed by atoms with Crippen molar-refractivity contribution in [3.8, 4) is 0 Å². The highest BCUT2D eigenvalue weighted by atomic mass is 16.2. The van der Waals surface area contributed by atoms with Crippen LogP contribution in [-0.4, -0.2) is 11.7 Å². The Labute approximate surface area is 94.5 Å². The second kappa shape index (κ2) is 4.35. The van der Waals surface area contributed by atoms with Crippen LogP contribution in [0.1, 0.15) is 24.5 Å². The summed E-state index contributed by atoms with van der Waals surface area (Å²) in [6.07, 6.45) is 2.11. The number of carbonyl (C=O) groups excluding carboxylic acids is 1. The summed E-state index contributed by atoms with van der Waals surface area (Å²) in [7, 11) is 0. The molecule has 3 N–H and O–H groups in total. The lowest BCUT2D eigenvalue weighted by Gasteiger charge is -2.23. The molecule has 1 aliphatic rings. The van der Waals surface area contributed by atoms with E-state index in [1.165, 1.54) is 5.56 Å². The lowest BCUT2D eigenvalue weighted by atomic mass is 9.83. The van der Waals surface area contributed by atoms with Gasteiger partial charge in [-0.15, -0.1) is 0 Å². The smallest absolute Gasteiger partial charge is 0.332 e. The number of urea groups is 1. The van der Waals surface area contributed by atoms with Gasteiger partial charge in [0.05, 0.1) is 5.71 Å². The van der Waals surface area contributed by atoms with Gasteiger partial charge in [-0.25, -0.2) is 10.2 Å². The maximum absolute atomic E-state index is 10.7. The third-order valence-corrected chi connectivity index (χ3v) is 2.89. The maximum atomic E-state index is 10.7. The first kappa shape index (κ1) is 10.7. The minimum atomic E-state index is -0.622. The number of nitrogens with zero attached hydrogens (tertiary/aromatic N) is 1. The van der Waals surface area contributed by atoms with Crippen LogP contribution in [0.3, 0.4) is 0 Å². The SMILES string of the molecule is CC1CCc2ccccc2C1=NNC(N)=O. The van der Waals surface area contributed by atoms with Crippen molar-refractivity contribution in [1.29, 1.82) is 0 Å². The standard InChI is InChI=1S/C12H15N3O/c1-8-6-7-9-4-2-3-5-10(9)11(8)14-15-12(13)16/h2-5,8H,6-7H2,1H3,(H3,13,15,16). The Morgan fingerprint density at radius 3 is 3.00 bits per heavy atom. The Hall–Kier alpha value is -1.84. The fourth-order valence-electron chi connectivity index (χ4n) is 2.05. The van der Waals surface area contributed by atoms with Crippen molar-refractivity contribution in [2.24, 2.45) is 16.8 Å². The largest absolute Gasteiger partial charge is 0.350 e. The van der Waals surface area contributed by atoms with E-state index < -0.39 is 6.03 Å². The highest BCUT2D eigenvalue weighted by Crippen LogP contribution is 2.25. The zero-order chi connectivity index (χ0) is 11.5. The molecular weight excluding hydrogens is 202 g/mol. The first-order chi connectivity index (χ1) is 7.68. The first-order valence-electron chi connectivity index (χ1n) is 5.40. The lowest BCUT2D eigenvalue weighted by Crippen LogP contribution is -2.29. The van der Waals surface area contributed by atoms with Crippen molar-refractivity contribution in [1.82, 2.24) is 5.43 Å². The summed E-state index contributed by atoms with van der Waals surface area (Å²) in [5, 5.41) is 4.10. The molecule has 84 valence electrons. The van der Waals surface area contributed by atoms with Gasteiger partial charge in [0.25, 0.3) is 0 Å². The van der Waals surface area contributed by atoms with Crippen LogP contribution < -0.4 is 11.2 Å². The number of rotatable bonds is 1. The van der Waals surface area contributed by atoms with E-state index in [4.69, 9.17) is 5.73 Å². The second-order valence-electron chi connectivity index (χ2n) is 4.07. The van der Waals surface area contributed by atoms with Crippen molar-refractivity contribution in [3.63, 3.8) is 0 Å². The fraction of sp³-hybridized carbons (Fsp3) is 0.333. The molecule has 1 aromatic rings. The van der Waals surface area contributed by atoms with E-state index in [1.54, 1.807) is 0 Å². The molecule has 4 nitrogen and oxygen atoms in total. The van der Waals surface area contributed by atoms with Gasteiger partial charge in [0, 0.05) is 11.5 Å². The Bertz CT molecular complexity index is 440. The van der Waals surface area contributed by atoms with E-state index in [-0.39, 0.29) is 0 Å². The topological polar surface area (TPSA) is 67.5 Å². The fourth-order valence-corrected chi connectivity index (χ4v) is 2.05. The number of amides is 2. The molecule has 16 heavy (non-hydrogen) atoms. The lowest BCUT2D eigenvalue weighted by molar-refractivity contribution is 0.249. The van der Waals surface area contributed by atoms with Gasteiger partial charge in [-0.3, -0.25) is 0 Å². The first-order valence-corrected chi connectivity index (χ1v) is 5.40. The van der Waals surface area contributed by atoms with E-state index in [2.05, 4.69) is 23.5 Å². The molecule has 0 fully saturated rings. The monoisotopic (exact) mass is 217 g/mol. The van der Waals surface area contributed by atoms with Gasteiger partial charge < -0.3 is 5.73 Å². The predicted molar refractivity (Wildman–Crippen MR) is 63.2 cm³/mol. The molecule has 1 atom stereocenters. The summed E-state index contributed by atoms with van der Waals surface area (Å²) in [6, 6.07) is 7.51. The van der Waals surface area contributed by atoms with Gasteiger partial charge in [0.2, 0.25) is 0 Å². The third-order valence-electron chi connectivity index (χ3n) is 2.89. The summed E-state index contributed by atoms with van der Waals surface area (Å²) >= 11 is 0. The van der Waals surface area contributed by atoms with Crippen LogP contribution in [0.2, 0.25) is 0 Å². The Balaban J connectivity index is 2.36. The number of primary amides is 1. The highest BCUT2D eigenvalue weighted by Gasteiger charge is 2.21. The van der Waals surface area contributed by atoms with E-state index in [0.717, 1.165) is 24.1 Å². The van der Waals surface area contributed by atoms with Crippen LogP contribution in [0.25, 0.3) is 0 Å². The molecule has 0 spiro atoms. The number of nitrogens with two attached hydrogens (primary N) is 1. The maximum Gasteiger partial charge on any atom is 0.332 e. The summed E-state index contributed by atoms with van der Waals surface area (Å²) in [4.78, 5) is 10.7. The van der Waals surface area contributed by atoms with Gasteiger partial charge in [-0.05, 0) is 18.4 Å². The Morgan fingerprint density at radius 1 is 1.50 bits per heavy atom. The molecular formula is C12H15N3O. The average molecular weight is 217 g/mol. The van der Waals surface area contributed by atoms with E-state index in [0.29, 0.717) is 5.92 Å². The highest BCUT2D eigenvalue weighted by molar-refractivity contribution is 6.04. The van der Waals surface area contributed by atoms with Gasteiger partial charge in [0.1, 0.15) is 0 Å². The zero-order valence-electron chi connectivity index (χ0n) is 9.23. The van der Waals surface area contributed by atoms with Gasteiger partial charge in [-0.2, -0.15) is 5.10 Å². The molecule has 0 aromatic heterocycles. The number of hydrazone groups is 1. The average Bonchev–Trinajstić information content (AvgIpc) is 2.27. The van der Waals surface area contributed by atoms with Crippen molar-refractivity contribution in [3.05, 3.63) is 35.4 Å². The van der Waals surface area contributed by atoms with Crippen molar-refractivity contribution in [2.45, 2.75) is 19.8 Å². The molecule has 1 aromatic carbocycles. The molecule has 4 heteroatoms. The minimum Gasteiger partial charge on any atom is -0.350 e. The van der Waals surface area contributed by atoms with Crippen molar-refractivity contribution in [2.75, 3.05) is 0 Å². The number of carbonyl (C=O) groups is 1. The molecule has 0 saturated carbocycles. The molecule has 1 aliphatic carbocycles. The van der Waals surface area contributed by atoms with Gasteiger partial charge in [-0.1, -0.05) is 31.2 Å². The second-order valence-corrected chi connectivity index (χ2v) is 4.07. The summed E-state index contributed by atoms with van der Waals surface area (Å²) in [6.45, 7) is 2.11. The molecule has 0 heterocycles. The molecule has 1 unspecified atom stereocenters. The summed E-state index contributed by atoms with van der Waals surface area (Å²) in [5.74, 6) is 0.349. The molecule has 0 aliphatic heterocycles. The molecule has 2 rings (SSSR count). The van der Waals surface area contributed by atoms with Crippen LogP contribution >= 0.6 is 0 Å². The van der Waals surface area contributed by atoms with E-state index >= 15 is 0 Å². The van der Waals surface area contributed by atoms with Crippen LogP contribution in [0.5, 0.6) is 0 Å². The number of hydrogen-bond acceptors (Lipinski definition) is 2. The minimum absolute atomic E-state index is 0.349. The molecule has 0 bridgehead atoms. The Morgan fingerprint density at radius 2 is 2.25 bits per heavy atom. The number of aryl methyl sites for hydroxylation is 1. The van der Waals surface area contributed by atoms with Gasteiger partial charge in [0.15, 0.2) is 0 Å². The van der Waals surface area contributed by atoms with Crippen molar-refractivity contribution >= 4 is 11.7 Å². The number of nitrogens with one attached hydrogen (secondary N) is 1. The van der Waals surface area contributed by atoms with Crippen LogP contribution in [-0.2, 0) is 6.42 Å². The number of fused-ring (bicyclic) bond motifs is 1. The number of benzene rings is 1. The molecule has 0 radical (unpaired) electrons. The Kier molecular flexibility index (Phi) is 2.90. The van der Waals surface area contributed by atoms with Crippen LogP contribution in [0.15, 0.2) is 29.4 Å². The van der Waals surface area contributed by atoms with Crippen molar-refractivity contribution < 1.29 is 4.79 Å².